The number of carbonyl (C=O) groups is 1. The van der Waals surface area contributed by atoms with E-state index in [1.54, 1.807) is 0 Å². The van der Waals surface area contributed by atoms with Gasteiger partial charge in [0.25, 0.3) is 5.91 Å². The fourth-order valence-corrected chi connectivity index (χ4v) is 1.77. The van der Waals surface area contributed by atoms with E-state index >= 15 is 0 Å². The molecule has 1 heterocycles. The minimum atomic E-state index is -3.46. The molecule has 0 aliphatic heterocycles. The van der Waals surface area contributed by atoms with E-state index < -0.39 is 15.7 Å². The molecule has 0 fully saturated rings. The van der Waals surface area contributed by atoms with Crippen molar-refractivity contribution in [1.82, 2.24) is 4.98 Å². The molecule has 2 N–H and O–H groups in total. The normalized spacial score (nSPS) is 10.8. The molecule has 0 unspecified atom stereocenters. The molecule has 0 saturated carbocycles. The third-order valence-electron chi connectivity index (χ3n) is 1.97. The number of aromatic nitrogens is 1. The highest BCUT2D eigenvalue weighted by Gasteiger charge is 2.15. The van der Waals surface area contributed by atoms with Gasteiger partial charge in [0, 0.05) is 25.3 Å². The average Bonchev–Trinajstić information content (AvgIpc) is 2.24. The van der Waals surface area contributed by atoms with Gasteiger partial charge >= 0.3 is 0 Å². The van der Waals surface area contributed by atoms with Gasteiger partial charge in [0.05, 0.1) is 11.6 Å². The average molecular weight is 252 g/mol. The SMILES string of the molecule is CS(=O)(=O)c1cc([CH]CC#N)c(C(N)=O)cn1. The number of amides is 1. The second-order valence-electron chi connectivity index (χ2n) is 3.31. The Labute approximate surface area is 99.0 Å². The number of nitrogens with zero attached hydrogens (tertiary/aromatic N) is 2. The first kappa shape index (κ1) is 13.1. The number of nitrogens with two attached hydrogens (primary N) is 1. The summed E-state index contributed by atoms with van der Waals surface area (Å²) in [5.74, 6) is -0.721. The summed E-state index contributed by atoms with van der Waals surface area (Å²) in [5.41, 5.74) is 5.50. The van der Waals surface area contributed by atoms with Crippen LogP contribution in [0.15, 0.2) is 17.3 Å². The monoisotopic (exact) mass is 252 g/mol. The highest BCUT2D eigenvalue weighted by atomic mass is 32.2. The van der Waals surface area contributed by atoms with E-state index in [2.05, 4.69) is 4.98 Å². The van der Waals surface area contributed by atoms with E-state index in [0.29, 0.717) is 5.56 Å². The van der Waals surface area contributed by atoms with E-state index in [0.717, 1.165) is 12.5 Å². The topological polar surface area (TPSA) is 114 Å². The van der Waals surface area contributed by atoms with Gasteiger partial charge in [-0.3, -0.25) is 4.79 Å². The molecule has 0 aromatic carbocycles. The van der Waals surface area contributed by atoms with E-state index in [4.69, 9.17) is 11.0 Å². The van der Waals surface area contributed by atoms with E-state index in [1.165, 1.54) is 12.5 Å². The predicted octanol–water partition coefficient (Wildman–Crippen LogP) is 0.0501. The Morgan fingerprint density at radius 3 is 2.76 bits per heavy atom. The lowest BCUT2D eigenvalue weighted by molar-refractivity contribution is 0.0999. The number of carbonyl (C=O) groups excluding carboxylic acids is 1. The lowest BCUT2D eigenvalue weighted by atomic mass is 10.1. The summed E-state index contributed by atoms with van der Waals surface area (Å²) in [4.78, 5) is 14.7. The van der Waals surface area contributed by atoms with Gasteiger partial charge in [0.2, 0.25) is 0 Å². The Morgan fingerprint density at radius 1 is 1.65 bits per heavy atom. The Morgan fingerprint density at radius 2 is 2.29 bits per heavy atom. The molecule has 0 spiro atoms. The maximum atomic E-state index is 11.3. The number of rotatable bonds is 4. The third kappa shape index (κ3) is 3.26. The van der Waals surface area contributed by atoms with Crippen LogP contribution in [0.2, 0.25) is 0 Å². The summed E-state index contributed by atoms with van der Waals surface area (Å²) >= 11 is 0. The fraction of sp³-hybridized carbons (Fsp3) is 0.200. The van der Waals surface area contributed by atoms with Crippen LogP contribution in [0.3, 0.4) is 0 Å². The second kappa shape index (κ2) is 4.93. The maximum absolute atomic E-state index is 11.3. The van der Waals surface area contributed by atoms with Gasteiger partial charge in [-0.1, -0.05) is 0 Å². The van der Waals surface area contributed by atoms with Crippen LogP contribution in [0.25, 0.3) is 0 Å². The van der Waals surface area contributed by atoms with Crippen molar-refractivity contribution in [3.63, 3.8) is 0 Å². The highest BCUT2D eigenvalue weighted by molar-refractivity contribution is 7.90. The van der Waals surface area contributed by atoms with Crippen molar-refractivity contribution in [2.75, 3.05) is 6.26 Å². The first-order valence-electron chi connectivity index (χ1n) is 4.56. The molecule has 0 atom stereocenters. The minimum absolute atomic E-state index is 0.0491. The number of hydrogen-bond acceptors (Lipinski definition) is 5. The lowest BCUT2D eigenvalue weighted by Crippen LogP contribution is -2.15. The second-order valence-corrected chi connectivity index (χ2v) is 5.28. The van der Waals surface area contributed by atoms with Gasteiger partial charge in [-0.05, 0) is 11.6 Å². The van der Waals surface area contributed by atoms with Crippen LogP contribution in [0.4, 0.5) is 0 Å². The first-order valence-corrected chi connectivity index (χ1v) is 6.45. The summed E-state index contributed by atoms with van der Waals surface area (Å²) < 4.78 is 22.6. The maximum Gasteiger partial charge on any atom is 0.250 e. The van der Waals surface area contributed by atoms with E-state index in [9.17, 15) is 13.2 Å². The van der Waals surface area contributed by atoms with Crippen molar-refractivity contribution < 1.29 is 13.2 Å². The van der Waals surface area contributed by atoms with Gasteiger partial charge in [-0.25, -0.2) is 13.4 Å². The van der Waals surface area contributed by atoms with Crippen LogP contribution in [0, 0.1) is 17.8 Å². The first-order chi connectivity index (χ1) is 7.86. The molecule has 17 heavy (non-hydrogen) atoms. The molecule has 1 amide bonds. The van der Waals surface area contributed by atoms with Crippen LogP contribution in [-0.2, 0) is 9.84 Å². The number of nitriles is 1. The van der Waals surface area contributed by atoms with Crippen LogP contribution in [0.5, 0.6) is 0 Å². The van der Waals surface area contributed by atoms with Crippen LogP contribution >= 0.6 is 0 Å². The Kier molecular flexibility index (Phi) is 3.81. The molecule has 0 bridgehead atoms. The summed E-state index contributed by atoms with van der Waals surface area (Å²) in [6.45, 7) is 0. The summed E-state index contributed by atoms with van der Waals surface area (Å²) in [7, 11) is -3.46. The molecule has 0 aliphatic rings. The quantitative estimate of drug-likeness (QED) is 0.813. The predicted molar refractivity (Wildman–Crippen MR) is 59.5 cm³/mol. The van der Waals surface area contributed by atoms with Crippen molar-refractivity contribution in [2.45, 2.75) is 11.4 Å². The smallest absolute Gasteiger partial charge is 0.250 e. The molecule has 0 saturated heterocycles. The zero-order valence-corrected chi connectivity index (χ0v) is 9.86. The van der Waals surface area contributed by atoms with Crippen LogP contribution in [0.1, 0.15) is 22.3 Å². The molecule has 6 nitrogen and oxygen atoms in total. The minimum Gasteiger partial charge on any atom is -0.366 e. The Balaban J connectivity index is 3.30. The Hall–Kier alpha value is -1.94. The lowest BCUT2D eigenvalue weighted by Gasteiger charge is -2.06. The molecule has 89 valence electrons. The zero-order valence-electron chi connectivity index (χ0n) is 9.04. The number of sulfone groups is 1. The standard InChI is InChI=1S/C10H10N3O3S/c1-17(15,16)9-5-7(3-2-4-11)8(6-13-9)10(12)14/h3,5-6H,2H2,1H3,(H2,12,14). The third-order valence-corrected chi connectivity index (χ3v) is 2.95. The van der Waals surface area contributed by atoms with Gasteiger partial charge in [-0.15, -0.1) is 0 Å². The molecule has 1 rings (SSSR count). The molecule has 1 aromatic rings. The number of pyridine rings is 1. The van der Waals surface area contributed by atoms with Gasteiger partial charge in [0.1, 0.15) is 0 Å². The van der Waals surface area contributed by atoms with Crippen molar-refractivity contribution >= 4 is 15.7 Å². The van der Waals surface area contributed by atoms with E-state index in [1.807, 2.05) is 6.07 Å². The van der Waals surface area contributed by atoms with Crippen molar-refractivity contribution in [1.29, 1.82) is 5.26 Å². The van der Waals surface area contributed by atoms with Crippen molar-refractivity contribution in [2.24, 2.45) is 5.73 Å². The van der Waals surface area contributed by atoms with Crippen molar-refractivity contribution in [3.05, 3.63) is 29.8 Å². The van der Waals surface area contributed by atoms with E-state index in [-0.39, 0.29) is 17.0 Å². The van der Waals surface area contributed by atoms with Gasteiger partial charge in [0.15, 0.2) is 14.9 Å². The van der Waals surface area contributed by atoms with Crippen LogP contribution < -0.4 is 5.73 Å². The zero-order chi connectivity index (χ0) is 13.1. The van der Waals surface area contributed by atoms with Gasteiger partial charge < -0.3 is 5.73 Å². The largest absolute Gasteiger partial charge is 0.366 e. The molecule has 1 aromatic heterocycles. The summed E-state index contributed by atoms with van der Waals surface area (Å²) in [6.07, 6.45) is 3.58. The van der Waals surface area contributed by atoms with Crippen molar-refractivity contribution in [3.8, 4) is 6.07 Å². The summed E-state index contributed by atoms with van der Waals surface area (Å²) in [5, 5.41) is 8.29. The molecule has 1 radical (unpaired) electrons. The molecular weight excluding hydrogens is 242 g/mol. The highest BCUT2D eigenvalue weighted by Crippen LogP contribution is 2.16. The van der Waals surface area contributed by atoms with Gasteiger partial charge in [-0.2, -0.15) is 5.26 Å². The number of hydrogen-bond donors (Lipinski definition) is 1. The van der Waals surface area contributed by atoms with Crippen LogP contribution in [-0.4, -0.2) is 25.6 Å². The summed E-state index contributed by atoms with van der Waals surface area (Å²) in [6, 6.07) is 3.09. The molecule has 7 heteroatoms. The molecular formula is C10H10N3O3S. The molecule has 0 aliphatic carbocycles. The fourth-order valence-electron chi connectivity index (χ4n) is 1.18. The number of primary amides is 1. The Bertz CT molecular complexity index is 587.